The Hall–Kier alpha value is -2.47. The van der Waals surface area contributed by atoms with Crippen LogP contribution in [0.25, 0.3) is 0 Å². The number of benzene rings is 2. The number of nitro groups is 1. The monoisotopic (exact) mass is 263 g/mol. The molecular weight excluding hydrogens is 249 g/mol. The Morgan fingerprint density at radius 2 is 1.84 bits per heavy atom. The van der Waals surface area contributed by atoms with Crippen molar-refractivity contribution >= 4 is 11.4 Å². The van der Waals surface area contributed by atoms with Crippen LogP contribution in [0.1, 0.15) is 17.2 Å². The highest BCUT2D eigenvalue weighted by Gasteiger charge is 2.16. The molecule has 0 aliphatic carbocycles. The molecule has 2 aromatic rings. The number of rotatable bonds is 4. The first-order chi connectivity index (χ1) is 9.90. The summed E-state index contributed by atoms with van der Waals surface area (Å²) in [6.45, 7) is 0. The van der Waals surface area contributed by atoms with Crippen molar-refractivity contribution in [3.63, 3.8) is 0 Å². The molecule has 0 spiro atoms. The summed E-state index contributed by atoms with van der Waals surface area (Å²) >= 11 is 0. The van der Waals surface area contributed by atoms with Crippen LogP contribution in [0.2, 0.25) is 2.82 Å². The summed E-state index contributed by atoms with van der Waals surface area (Å²) in [5.74, 6) is -0.442. The van der Waals surface area contributed by atoms with Gasteiger partial charge in [0.2, 0.25) is 0 Å². The minimum Gasteiger partial charge on any atom is -0.393 e. The molecule has 0 saturated carbocycles. The van der Waals surface area contributed by atoms with Gasteiger partial charge in [-0.15, -0.1) is 0 Å². The van der Waals surface area contributed by atoms with Gasteiger partial charge in [0.15, 0.2) is 0 Å². The zero-order valence-electron chi connectivity index (χ0n) is 11.8. The average Bonchev–Trinajstić information content (AvgIpc) is 2.42. The Balaban J connectivity index is 2.51. The zero-order chi connectivity index (χ0) is 15.6. The second-order valence-electron chi connectivity index (χ2n) is 4.03. The van der Waals surface area contributed by atoms with Crippen LogP contribution in [0.5, 0.6) is 0 Å². The van der Waals surface area contributed by atoms with Crippen LogP contribution in [0.3, 0.4) is 0 Å². The Labute approximate surface area is 111 Å². The van der Waals surface area contributed by atoms with Crippen molar-refractivity contribution in [2.24, 2.45) is 5.72 Å². The molecule has 0 fully saturated rings. The van der Waals surface area contributed by atoms with E-state index in [4.69, 9.17) is 8.56 Å². The molecule has 0 aliphatic rings. The fourth-order valence-corrected chi connectivity index (χ4v) is 1.73. The van der Waals surface area contributed by atoms with E-state index in [9.17, 15) is 14.5 Å². The van der Waals surface area contributed by atoms with Crippen LogP contribution in [-0.4, -0.2) is 4.92 Å². The molecule has 4 N–H and O–H groups in total. The van der Waals surface area contributed by atoms with E-state index in [1.165, 1.54) is 42.5 Å². The third-order valence-electron chi connectivity index (χ3n) is 2.75. The Morgan fingerprint density at radius 3 is 2.42 bits per heavy atom. The van der Waals surface area contributed by atoms with E-state index in [0.717, 1.165) is 0 Å². The highest BCUT2D eigenvalue weighted by atomic mass is 19.1. The molecule has 98 valence electrons. The molecule has 2 aromatic carbocycles. The molecule has 5 nitrogen and oxygen atoms in total. The van der Waals surface area contributed by atoms with Gasteiger partial charge in [0, 0.05) is 6.07 Å². The van der Waals surface area contributed by atoms with Gasteiger partial charge in [-0.05, 0) is 29.3 Å². The molecule has 0 heterocycles. The maximum atomic E-state index is 13.0. The lowest BCUT2D eigenvalue weighted by molar-refractivity contribution is -0.384. The number of nitrogen functional groups attached to an aromatic ring is 1. The van der Waals surface area contributed by atoms with Crippen molar-refractivity contribution < 1.29 is 12.1 Å². The molecule has 6 heteroatoms. The van der Waals surface area contributed by atoms with Gasteiger partial charge in [-0.3, -0.25) is 10.1 Å². The predicted octanol–water partition coefficient (Wildman–Crippen LogP) is 2.36. The number of nitrogens with zero attached hydrogens (tertiary/aromatic N) is 1. The molecule has 0 radical (unpaired) electrons. The Morgan fingerprint density at radius 1 is 1.21 bits per heavy atom. The number of anilines is 1. The molecule has 0 saturated heterocycles. The lowest BCUT2D eigenvalue weighted by Gasteiger charge is -2.12. The SMILES string of the molecule is [2H]N([2H])C(c1ccc(F)cc1)c1ccc(N)c([N+](=O)[O-])c1. The first-order valence-corrected chi connectivity index (χ1v) is 5.46. The molecule has 0 amide bonds. The van der Waals surface area contributed by atoms with Gasteiger partial charge in [0.25, 0.3) is 5.69 Å². The molecule has 0 bridgehead atoms. The van der Waals surface area contributed by atoms with Gasteiger partial charge >= 0.3 is 0 Å². The maximum Gasteiger partial charge on any atom is 0.292 e. The fourth-order valence-electron chi connectivity index (χ4n) is 1.73. The summed E-state index contributed by atoms with van der Waals surface area (Å²) in [5, 5.41) is 10.9. The standard InChI is InChI=1S/C13H12FN3O2/c14-10-4-1-8(2-5-10)13(16)9-3-6-11(15)12(7-9)17(18)19/h1-7,13H,15-16H2/i/hD2. The van der Waals surface area contributed by atoms with E-state index in [1.54, 1.807) is 0 Å². The van der Waals surface area contributed by atoms with Crippen molar-refractivity contribution in [3.8, 4) is 0 Å². The van der Waals surface area contributed by atoms with Crippen LogP contribution < -0.4 is 11.5 Å². The quantitative estimate of drug-likeness (QED) is 0.503. The predicted molar refractivity (Wildman–Crippen MR) is 69.9 cm³/mol. The second kappa shape index (κ2) is 5.03. The van der Waals surface area contributed by atoms with Crippen molar-refractivity contribution in [2.75, 3.05) is 5.73 Å². The van der Waals surface area contributed by atoms with Crippen LogP contribution in [0.15, 0.2) is 42.5 Å². The van der Waals surface area contributed by atoms with E-state index in [1.807, 2.05) is 0 Å². The summed E-state index contributed by atoms with van der Waals surface area (Å²) in [7, 11) is 0. The third-order valence-corrected chi connectivity index (χ3v) is 2.75. The smallest absolute Gasteiger partial charge is 0.292 e. The van der Waals surface area contributed by atoms with Gasteiger partial charge < -0.3 is 11.5 Å². The molecule has 0 aromatic heterocycles. The summed E-state index contributed by atoms with van der Waals surface area (Å²) in [5.41, 5.74) is 6.47. The number of nitrogens with two attached hydrogens (primary N) is 2. The molecule has 1 unspecified atom stereocenters. The lowest BCUT2D eigenvalue weighted by Crippen LogP contribution is -2.12. The molecule has 2 rings (SSSR count). The fraction of sp³-hybridized carbons (Fsp3) is 0.0769. The maximum absolute atomic E-state index is 13.0. The van der Waals surface area contributed by atoms with Crippen LogP contribution in [0, 0.1) is 15.9 Å². The summed E-state index contributed by atoms with van der Waals surface area (Å²) in [4.78, 5) is 10.3. The minimum absolute atomic E-state index is 0.00289. The van der Waals surface area contributed by atoms with E-state index >= 15 is 0 Å². The molecule has 0 aliphatic heterocycles. The zero-order valence-corrected chi connectivity index (χ0v) is 9.79. The lowest BCUT2D eigenvalue weighted by atomic mass is 9.99. The Bertz CT molecular complexity index is 665. The van der Waals surface area contributed by atoms with Crippen molar-refractivity contribution in [2.45, 2.75) is 6.04 Å². The highest BCUT2D eigenvalue weighted by molar-refractivity contribution is 5.60. The number of nitro benzene ring substituents is 1. The third kappa shape index (κ3) is 2.69. The van der Waals surface area contributed by atoms with Crippen LogP contribution in [0.4, 0.5) is 15.8 Å². The first-order valence-electron chi connectivity index (χ1n) is 6.36. The molecular formula is C13H12FN3O2. The first kappa shape index (κ1) is 10.5. The molecule has 1 atom stereocenters. The minimum atomic E-state index is -0.884. The van der Waals surface area contributed by atoms with Gasteiger partial charge in [0.1, 0.15) is 14.3 Å². The van der Waals surface area contributed by atoms with E-state index in [0.29, 0.717) is 16.8 Å². The Kier molecular flexibility index (Phi) is 2.77. The van der Waals surface area contributed by atoms with Gasteiger partial charge in [-0.25, -0.2) is 4.39 Å². The number of hydrogen-bond acceptors (Lipinski definition) is 4. The van der Waals surface area contributed by atoms with Crippen LogP contribution in [-0.2, 0) is 0 Å². The molecule has 19 heavy (non-hydrogen) atoms. The summed E-state index contributed by atoms with van der Waals surface area (Å²) < 4.78 is 28.0. The van der Waals surface area contributed by atoms with Gasteiger partial charge in [0.05, 0.1) is 11.0 Å². The number of halogens is 1. The highest BCUT2D eigenvalue weighted by Crippen LogP contribution is 2.27. The largest absolute Gasteiger partial charge is 0.393 e. The van der Waals surface area contributed by atoms with Crippen molar-refractivity contribution in [1.82, 2.24) is 0 Å². The normalized spacial score (nSPS) is 13.8. The van der Waals surface area contributed by atoms with E-state index in [-0.39, 0.29) is 11.4 Å². The van der Waals surface area contributed by atoms with E-state index in [2.05, 4.69) is 0 Å². The summed E-state index contributed by atoms with van der Waals surface area (Å²) in [6.07, 6.45) is 0. The van der Waals surface area contributed by atoms with Crippen molar-refractivity contribution in [3.05, 3.63) is 69.5 Å². The van der Waals surface area contributed by atoms with Crippen LogP contribution >= 0.6 is 0 Å². The summed E-state index contributed by atoms with van der Waals surface area (Å²) in [6, 6.07) is 8.47. The second-order valence-corrected chi connectivity index (χ2v) is 4.03. The topological polar surface area (TPSA) is 95.2 Å². The van der Waals surface area contributed by atoms with Gasteiger partial charge in [-0.2, -0.15) is 0 Å². The van der Waals surface area contributed by atoms with E-state index < -0.39 is 16.8 Å². The van der Waals surface area contributed by atoms with Gasteiger partial charge in [-0.1, -0.05) is 18.2 Å². The van der Waals surface area contributed by atoms with Crippen molar-refractivity contribution in [1.29, 1.82) is 0 Å². The number of hydrogen-bond donors (Lipinski definition) is 2. The average molecular weight is 263 g/mol.